The Balaban J connectivity index is 3.12. The molecule has 2 nitrogen and oxygen atoms in total. The number of rotatable bonds is 16. The molecule has 0 heterocycles. The molecule has 0 aromatic rings. The number of esters is 1. The molecule has 2 heteroatoms. The van der Waals surface area contributed by atoms with Gasteiger partial charge in [-0.15, -0.1) is 0 Å². The topological polar surface area (TPSA) is 26.3 Å². The highest BCUT2D eigenvalue weighted by Gasteiger charge is 2.00. The van der Waals surface area contributed by atoms with Gasteiger partial charge in [0.15, 0.2) is 0 Å². The van der Waals surface area contributed by atoms with E-state index in [0.717, 1.165) is 12.8 Å². The third kappa shape index (κ3) is 17.3. The lowest BCUT2D eigenvalue weighted by Gasteiger charge is -2.02. The molecule has 130 valence electrons. The number of carbonyl (C=O) groups is 1. The minimum atomic E-state index is -0.0395. The lowest BCUT2D eigenvalue weighted by Crippen LogP contribution is -2.03. The second-order valence-electron chi connectivity index (χ2n) is 6.14. The highest BCUT2D eigenvalue weighted by Crippen LogP contribution is 2.10. The summed E-state index contributed by atoms with van der Waals surface area (Å²) in [7, 11) is 0. The molecule has 0 fully saturated rings. The van der Waals surface area contributed by atoms with Crippen LogP contribution in [0.25, 0.3) is 0 Å². The Labute approximate surface area is 138 Å². The number of carbonyl (C=O) groups excluding carboxylic acids is 1. The van der Waals surface area contributed by atoms with E-state index in [0.29, 0.717) is 13.0 Å². The molecule has 0 aliphatic rings. The van der Waals surface area contributed by atoms with Gasteiger partial charge in [-0.05, 0) is 39.0 Å². The van der Waals surface area contributed by atoms with Crippen LogP contribution in [0.15, 0.2) is 12.2 Å². The molecule has 0 aromatic heterocycles. The monoisotopic (exact) mass is 310 g/mol. The average molecular weight is 311 g/mol. The molecule has 0 N–H and O–H groups in total. The van der Waals surface area contributed by atoms with E-state index in [1.807, 2.05) is 6.92 Å². The predicted octanol–water partition coefficient (Wildman–Crippen LogP) is 6.59. The number of hydrogen-bond acceptors (Lipinski definition) is 2. The van der Waals surface area contributed by atoms with Crippen molar-refractivity contribution in [3.8, 4) is 0 Å². The number of ether oxygens (including phenoxy) is 1. The van der Waals surface area contributed by atoms with Crippen molar-refractivity contribution in [2.75, 3.05) is 6.61 Å². The van der Waals surface area contributed by atoms with E-state index in [1.165, 1.54) is 70.6 Å². The van der Waals surface area contributed by atoms with Crippen molar-refractivity contribution in [3.05, 3.63) is 12.2 Å². The van der Waals surface area contributed by atoms with Crippen molar-refractivity contribution >= 4 is 5.97 Å². The molecule has 0 aliphatic carbocycles. The van der Waals surface area contributed by atoms with Crippen molar-refractivity contribution in [2.45, 2.75) is 104 Å². The summed E-state index contributed by atoms with van der Waals surface area (Å²) in [5.41, 5.74) is 0. The number of allylic oxidation sites excluding steroid dienone is 2. The largest absolute Gasteiger partial charge is 0.466 e. The van der Waals surface area contributed by atoms with Crippen LogP contribution in [0.3, 0.4) is 0 Å². The lowest BCUT2D eigenvalue weighted by atomic mass is 10.1. The van der Waals surface area contributed by atoms with Gasteiger partial charge >= 0.3 is 5.97 Å². The van der Waals surface area contributed by atoms with Gasteiger partial charge in [0.05, 0.1) is 6.61 Å². The third-order valence-corrected chi connectivity index (χ3v) is 3.95. The highest BCUT2D eigenvalue weighted by atomic mass is 16.5. The Kier molecular flexibility index (Phi) is 17.6. The molecule has 0 saturated carbocycles. The maximum Gasteiger partial charge on any atom is 0.305 e. The van der Waals surface area contributed by atoms with E-state index in [9.17, 15) is 4.79 Å². The minimum Gasteiger partial charge on any atom is -0.466 e. The van der Waals surface area contributed by atoms with E-state index >= 15 is 0 Å². The van der Waals surface area contributed by atoms with Crippen LogP contribution < -0.4 is 0 Å². The predicted molar refractivity (Wildman–Crippen MR) is 96.1 cm³/mol. The van der Waals surface area contributed by atoms with Gasteiger partial charge in [0.25, 0.3) is 0 Å². The number of hydrogen-bond donors (Lipinski definition) is 0. The second-order valence-corrected chi connectivity index (χ2v) is 6.14. The molecule has 0 spiro atoms. The molecule has 0 amide bonds. The fourth-order valence-corrected chi connectivity index (χ4v) is 2.57. The Morgan fingerprint density at radius 2 is 1.23 bits per heavy atom. The van der Waals surface area contributed by atoms with Gasteiger partial charge in [-0.1, -0.05) is 70.4 Å². The normalized spacial score (nSPS) is 11.2. The zero-order valence-electron chi connectivity index (χ0n) is 15.1. The van der Waals surface area contributed by atoms with E-state index in [4.69, 9.17) is 4.74 Å². The van der Waals surface area contributed by atoms with Crippen LogP contribution in [0.2, 0.25) is 0 Å². The van der Waals surface area contributed by atoms with Crippen LogP contribution in [0.5, 0.6) is 0 Å². The van der Waals surface area contributed by atoms with Crippen molar-refractivity contribution in [3.63, 3.8) is 0 Å². The third-order valence-electron chi connectivity index (χ3n) is 3.95. The highest BCUT2D eigenvalue weighted by molar-refractivity contribution is 5.69. The van der Waals surface area contributed by atoms with Gasteiger partial charge < -0.3 is 4.74 Å². The molecule has 0 aliphatic heterocycles. The minimum absolute atomic E-state index is 0.0395. The summed E-state index contributed by atoms with van der Waals surface area (Å²) in [6.07, 6.45) is 22.0. The Morgan fingerprint density at radius 1 is 0.727 bits per heavy atom. The van der Waals surface area contributed by atoms with Crippen LogP contribution in [-0.2, 0) is 9.53 Å². The zero-order chi connectivity index (χ0) is 16.3. The quantitative estimate of drug-likeness (QED) is 0.183. The van der Waals surface area contributed by atoms with Crippen molar-refractivity contribution in [1.29, 1.82) is 0 Å². The SMILES string of the molecule is CCCCCCC/C=C/CCCCCCCCC(=O)OCC. The van der Waals surface area contributed by atoms with Gasteiger partial charge in [0, 0.05) is 6.42 Å². The fourth-order valence-electron chi connectivity index (χ4n) is 2.57. The van der Waals surface area contributed by atoms with E-state index in [2.05, 4.69) is 19.1 Å². The molecule has 0 unspecified atom stereocenters. The molecule has 0 radical (unpaired) electrons. The van der Waals surface area contributed by atoms with Crippen LogP contribution in [0, 0.1) is 0 Å². The molecule has 0 bridgehead atoms. The first-order valence-electron chi connectivity index (χ1n) is 9.61. The summed E-state index contributed by atoms with van der Waals surface area (Å²) in [6, 6.07) is 0. The maximum absolute atomic E-state index is 11.1. The van der Waals surface area contributed by atoms with Gasteiger partial charge in [-0.3, -0.25) is 4.79 Å². The van der Waals surface area contributed by atoms with E-state index in [1.54, 1.807) is 0 Å². The summed E-state index contributed by atoms with van der Waals surface area (Å²) >= 11 is 0. The van der Waals surface area contributed by atoms with Crippen molar-refractivity contribution in [2.24, 2.45) is 0 Å². The first-order chi connectivity index (χ1) is 10.8. The first-order valence-corrected chi connectivity index (χ1v) is 9.61. The molecule has 0 rings (SSSR count). The Bertz CT molecular complexity index is 258. The fraction of sp³-hybridized carbons (Fsp3) is 0.850. The van der Waals surface area contributed by atoms with Gasteiger partial charge in [-0.25, -0.2) is 0 Å². The van der Waals surface area contributed by atoms with Crippen LogP contribution in [0.4, 0.5) is 0 Å². The van der Waals surface area contributed by atoms with Crippen LogP contribution in [-0.4, -0.2) is 12.6 Å². The van der Waals surface area contributed by atoms with Crippen molar-refractivity contribution < 1.29 is 9.53 Å². The molecular formula is C20H38O2. The molecule has 22 heavy (non-hydrogen) atoms. The maximum atomic E-state index is 11.1. The van der Waals surface area contributed by atoms with Crippen LogP contribution in [0.1, 0.15) is 104 Å². The molecule has 0 aromatic carbocycles. The molecule has 0 saturated heterocycles. The molecular weight excluding hydrogens is 272 g/mol. The lowest BCUT2D eigenvalue weighted by molar-refractivity contribution is -0.143. The van der Waals surface area contributed by atoms with E-state index < -0.39 is 0 Å². The van der Waals surface area contributed by atoms with Crippen LogP contribution >= 0.6 is 0 Å². The van der Waals surface area contributed by atoms with Gasteiger partial charge in [0.2, 0.25) is 0 Å². The standard InChI is InChI=1S/C20H38O2/c1-3-5-6-7-8-9-10-11-12-13-14-15-16-17-18-19-20(21)22-4-2/h10-11H,3-9,12-19H2,1-2H3/b11-10+. The summed E-state index contributed by atoms with van der Waals surface area (Å²) < 4.78 is 4.91. The van der Waals surface area contributed by atoms with Gasteiger partial charge in [-0.2, -0.15) is 0 Å². The zero-order valence-corrected chi connectivity index (χ0v) is 15.1. The first kappa shape index (κ1) is 21.2. The average Bonchev–Trinajstić information content (AvgIpc) is 2.51. The van der Waals surface area contributed by atoms with Gasteiger partial charge in [0.1, 0.15) is 0 Å². The summed E-state index contributed by atoms with van der Waals surface area (Å²) in [5, 5.41) is 0. The summed E-state index contributed by atoms with van der Waals surface area (Å²) in [5.74, 6) is -0.0395. The summed E-state index contributed by atoms with van der Waals surface area (Å²) in [6.45, 7) is 4.63. The smallest absolute Gasteiger partial charge is 0.305 e. The molecule has 0 atom stereocenters. The van der Waals surface area contributed by atoms with Crippen molar-refractivity contribution in [1.82, 2.24) is 0 Å². The van der Waals surface area contributed by atoms with E-state index in [-0.39, 0.29) is 5.97 Å². The second kappa shape index (κ2) is 18.3. The number of unbranched alkanes of at least 4 members (excludes halogenated alkanes) is 11. The summed E-state index contributed by atoms with van der Waals surface area (Å²) in [4.78, 5) is 11.1. The Morgan fingerprint density at radius 3 is 1.77 bits per heavy atom. The Hall–Kier alpha value is -0.790.